The molecular weight excluding hydrogens is 422 g/mol. The molecule has 30 heavy (non-hydrogen) atoms. The summed E-state index contributed by atoms with van der Waals surface area (Å²) in [5, 5.41) is 12.3. The molecule has 0 bridgehead atoms. The molecule has 0 saturated carbocycles. The third-order valence-corrected chi connectivity index (χ3v) is 6.21. The van der Waals surface area contributed by atoms with E-state index in [0.29, 0.717) is 22.5 Å². The number of hydrogen-bond donors (Lipinski definition) is 2. The zero-order valence-corrected chi connectivity index (χ0v) is 18.2. The van der Waals surface area contributed by atoms with Gasteiger partial charge in [0, 0.05) is 17.1 Å². The highest BCUT2D eigenvalue weighted by Crippen LogP contribution is 2.38. The third-order valence-electron chi connectivity index (χ3n) is 4.74. The Bertz CT molecular complexity index is 1020. The number of hydrogen-bond acceptors (Lipinski definition) is 6. The molecular formula is C21H22ClN5O2S. The standard InChI is InChI=1S/C21H22ClN5O2S/c1-3-17-24-25-21-27(17)26-18(13-5-7-14(22)8-6-13)19(30-21)20(28)23-15-9-11-16(12-10-15)29-4-2/h5-12,18-19,26H,3-4H2,1-2H3,(H,23,28)/t18-,19-/m1/s1. The number of ether oxygens (including phenoxy) is 1. The van der Waals surface area contributed by atoms with Crippen LogP contribution in [0, 0.1) is 0 Å². The monoisotopic (exact) mass is 443 g/mol. The van der Waals surface area contributed by atoms with Crippen molar-refractivity contribution >= 4 is 35.0 Å². The first-order valence-corrected chi connectivity index (χ1v) is 11.0. The highest BCUT2D eigenvalue weighted by Gasteiger charge is 2.37. The van der Waals surface area contributed by atoms with Crippen LogP contribution in [0.3, 0.4) is 0 Å². The molecule has 1 aromatic heterocycles. The number of nitrogens with zero attached hydrogens (tertiary/aromatic N) is 3. The Hall–Kier alpha value is -2.71. The predicted molar refractivity (Wildman–Crippen MR) is 119 cm³/mol. The minimum Gasteiger partial charge on any atom is -0.494 e. The molecule has 2 aromatic carbocycles. The van der Waals surface area contributed by atoms with E-state index in [1.54, 1.807) is 0 Å². The second-order valence-corrected chi connectivity index (χ2v) is 8.28. The third kappa shape index (κ3) is 4.24. The van der Waals surface area contributed by atoms with Crippen molar-refractivity contribution in [2.75, 3.05) is 17.3 Å². The van der Waals surface area contributed by atoms with Crippen LogP contribution in [0.5, 0.6) is 5.75 Å². The largest absolute Gasteiger partial charge is 0.494 e. The highest BCUT2D eigenvalue weighted by atomic mass is 35.5. The number of anilines is 1. The first-order chi connectivity index (χ1) is 14.6. The molecule has 1 amide bonds. The second-order valence-electron chi connectivity index (χ2n) is 6.73. The van der Waals surface area contributed by atoms with Crippen LogP contribution in [0.4, 0.5) is 5.69 Å². The summed E-state index contributed by atoms with van der Waals surface area (Å²) < 4.78 is 7.33. The summed E-state index contributed by atoms with van der Waals surface area (Å²) in [5.41, 5.74) is 5.09. The van der Waals surface area contributed by atoms with E-state index in [0.717, 1.165) is 23.6 Å². The molecule has 0 radical (unpaired) electrons. The van der Waals surface area contributed by atoms with E-state index in [1.165, 1.54) is 11.8 Å². The quantitative estimate of drug-likeness (QED) is 0.591. The Balaban J connectivity index is 1.60. The van der Waals surface area contributed by atoms with Crippen LogP contribution < -0.4 is 15.5 Å². The van der Waals surface area contributed by atoms with Gasteiger partial charge in [0.1, 0.15) is 11.0 Å². The molecule has 156 valence electrons. The number of rotatable bonds is 6. The molecule has 0 saturated heterocycles. The number of aromatic nitrogens is 3. The second kappa shape index (κ2) is 8.97. The summed E-state index contributed by atoms with van der Waals surface area (Å²) in [6.07, 6.45) is 0.733. The number of carbonyl (C=O) groups is 1. The molecule has 0 unspecified atom stereocenters. The summed E-state index contributed by atoms with van der Waals surface area (Å²) in [6, 6.07) is 14.6. The summed E-state index contributed by atoms with van der Waals surface area (Å²) >= 11 is 7.46. The van der Waals surface area contributed by atoms with E-state index >= 15 is 0 Å². The average molecular weight is 444 g/mol. The molecule has 9 heteroatoms. The van der Waals surface area contributed by atoms with Crippen molar-refractivity contribution in [1.29, 1.82) is 0 Å². The maximum atomic E-state index is 13.2. The van der Waals surface area contributed by atoms with Crippen LogP contribution in [0.1, 0.15) is 31.3 Å². The topological polar surface area (TPSA) is 81.1 Å². The van der Waals surface area contributed by atoms with Gasteiger partial charge in [-0.2, -0.15) is 0 Å². The van der Waals surface area contributed by atoms with Crippen molar-refractivity contribution in [3.05, 3.63) is 64.9 Å². The fraction of sp³-hybridized carbons (Fsp3) is 0.286. The van der Waals surface area contributed by atoms with Crippen molar-refractivity contribution in [3.63, 3.8) is 0 Å². The van der Waals surface area contributed by atoms with Gasteiger partial charge >= 0.3 is 0 Å². The van der Waals surface area contributed by atoms with E-state index in [2.05, 4.69) is 20.9 Å². The zero-order chi connectivity index (χ0) is 21.1. The molecule has 2 heterocycles. The first kappa shape index (κ1) is 20.6. The first-order valence-electron chi connectivity index (χ1n) is 9.75. The van der Waals surface area contributed by atoms with Crippen molar-refractivity contribution in [2.24, 2.45) is 0 Å². The zero-order valence-electron chi connectivity index (χ0n) is 16.6. The number of halogens is 1. The Morgan fingerprint density at radius 2 is 1.90 bits per heavy atom. The molecule has 4 rings (SSSR count). The van der Waals surface area contributed by atoms with Crippen LogP contribution in [-0.4, -0.2) is 32.6 Å². The summed E-state index contributed by atoms with van der Waals surface area (Å²) in [6.45, 7) is 4.55. The number of nitrogens with one attached hydrogen (secondary N) is 2. The lowest BCUT2D eigenvalue weighted by molar-refractivity contribution is -0.116. The lowest BCUT2D eigenvalue weighted by Crippen LogP contribution is -2.41. The lowest BCUT2D eigenvalue weighted by atomic mass is 10.0. The molecule has 2 N–H and O–H groups in total. The molecule has 0 fully saturated rings. The van der Waals surface area contributed by atoms with E-state index in [9.17, 15) is 4.79 Å². The molecule has 0 aliphatic carbocycles. The number of fused-ring (bicyclic) bond motifs is 1. The average Bonchev–Trinajstić information content (AvgIpc) is 3.17. The summed E-state index contributed by atoms with van der Waals surface area (Å²) in [5.74, 6) is 1.47. The van der Waals surface area contributed by atoms with E-state index in [4.69, 9.17) is 16.3 Å². The van der Waals surface area contributed by atoms with Gasteiger partial charge in [-0.05, 0) is 48.9 Å². The van der Waals surface area contributed by atoms with Gasteiger partial charge in [-0.3, -0.25) is 4.79 Å². The normalized spacial score (nSPS) is 17.7. The van der Waals surface area contributed by atoms with Gasteiger partial charge in [-0.1, -0.05) is 42.4 Å². The van der Waals surface area contributed by atoms with Gasteiger partial charge in [-0.15, -0.1) is 10.2 Å². The van der Waals surface area contributed by atoms with Crippen LogP contribution in [0.2, 0.25) is 5.02 Å². The summed E-state index contributed by atoms with van der Waals surface area (Å²) in [7, 11) is 0. The van der Waals surface area contributed by atoms with E-state index in [-0.39, 0.29) is 11.9 Å². The molecule has 1 aliphatic rings. The number of amides is 1. The number of thioether (sulfide) groups is 1. The minimum atomic E-state index is -0.445. The number of carbonyl (C=O) groups excluding carboxylic acids is 1. The van der Waals surface area contributed by atoms with Crippen molar-refractivity contribution in [2.45, 2.75) is 36.7 Å². The van der Waals surface area contributed by atoms with Gasteiger partial charge < -0.3 is 15.5 Å². The van der Waals surface area contributed by atoms with E-state index < -0.39 is 5.25 Å². The Morgan fingerprint density at radius 1 is 1.17 bits per heavy atom. The van der Waals surface area contributed by atoms with Gasteiger partial charge in [0.05, 0.1) is 12.6 Å². The highest BCUT2D eigenvalue weighted by molar-refractivity contribution is 8.00. The van der Waals surface area contributed by atoms with Gasteiger partial charge in [0.25, 0.3) is 0 Å². The van der Waals surface area contributed by atoms with Crippen molar-refractivity contribution < 1.29 is 9.53 Å². The lowest BCUT2D eigenvalue weighted by Gasteiger charge is -2.33. The van der Waals surface area contributed by atoms with Gasteiger partial charge in [0.15, 0.2) is 5.82 Å². The van der Waals surface area contributed by atoms with Gasteiger partial charge in [0.2, 0.25) is 11.1 Å². The minimum absolute atomic E-state index is 0.121. The predicted octanol–water partition coefficient (Wildman–Crippen LogP) is 4.29. The van der Waals surface area contributed by atoms with Crippen molar-refractivity contribution in [1.82, 2.24) is 14.9 Å². The number of benzene rings is 2. The molecule has 2 atom stereocenters. The maximum Gasteiger partial charge on any atom is 0.240 e. The molecule has 3 aromatic rings. The SMILES string of the molecule is CCOc1ccc(NC(=O)[C@@H]2Sc3nnc(CC)n3N[C@@H]2c2ccc(Cl)cc2)cc1. The Kier molecular flexibility index (Phi) is 6.15. The summed E-state index contributed by atoms with van der Waals surface area (Å²) in [4.78, 5) is 13.2. The van der Waals surface area contributed by atoms with Crippen molar-refractivity contribution in [3.8, 4) is 5.75 Å². The van der Waals surface area contributed by atoms with Crippen LogP contribution in [0.15, 0.2) is 53.7 Å². The van der Waals surface area contributed by atoms with Gasteiger partial charge in [-0.25, -0.2) is 4.68 Å². The molecule has 7 nitrogen and oxygen atoms in total. The fourth-order valence-corrected chi connectivity index (χ4v) is 4.49. The van der Waals surface area contributed by atoms with Crippen LogP contribution in [0.25, 0.3) is 0 Å². The van der Waals surface area contributed by atoms with E-state index in [1.807, 2.05) is 67.1 Å². The Labute approximate surface area is 184 Å². The Morgan fingerprint density at radius 3 is 2.57 bits per heavy atom. The maximum absolute atomic E-state index is 13.2. The van der Waals surface area contributed by atoms with Crippen LogP contribution >= 0.6 is 23.4 Å². The van der Waals surface area contributed by atoms with Crippen LogP contribution in [-0.2, 0) is 11.2 Å². The fourth-order valence-electron chi connectivity index (χ4n) is 3.26. The molecule has 1 aliphatic heterocycles. The molecule has 0 spiro atoms. The number of aryl methyl sites for hydroxylation is 1. The smallest absolute Gasteiger partial charge is 0.240 e.